The Kier molecular flexibility index (Phi) is 5.26. The zero-order valence-electron chi connectivity index (χ0n) is 17.8. The number of nitrogens with zero attached hydrogens (tertiary/aromatic N) is 1. The van der Waals surface area contributed by atoms with Gasteiger partial charge in [0.15, 0.2) is 0 Å². The number of hydrogen-bond acceptors (Lipinski definition) is 5. The second kappa shape index (κ2) is 8.13. The molecule has 0 spiro atoms. The Morgan fingerprint density at radius 1 is 1.00 bits per heavy atom. The number of aryl methyl sites for hydroxylation is 1. The van der Waals surface area contributed by atoms with E-state index in [0.29, 0.717) is 6.54 Å². The topological polar surface area (TPSA) is 115 Å². The molecule has 4 aromatic rings. The Hall–Kier alpha value is -3.49. The number of primary sulfonamides is 1. The van der Waals surface area contributed by atoms with E-state index >= 15 is 0 Å². The zero-order chi connectivity index (χ0) is 23.2. The van der Waals surface area contributed by atoms with Gasteiger partial charge >= 0.3 is 0 Å². The molecule has 0 bridgehead atoms. The highest BCUT2D eigenvalue weighted by Crippen LogP contribution is 2.39. The van der Waals surface area contributed by atoms with Crippen molar-refractivity contribution in [3.05, 3.63) is 88.0 Å². The second-order valence-electron chi connectivity index (χ2n) is 8.47. The Labute approximate surface area is 191 Å². The van der Waals surface area contributed by atoms with E-state index in [0.717, 1.165) is 25.3 Å². The summed E-state index contributed by atoms with van der Waals surface area (Å²) in [6.45, 7) is 0.508. The van der Waals surface area contributed by atoms with Crippen LogP contribution in [0, 0.1) is 10.1 Å². The third-order valence-corrected chi connectivity index (χ3v) is 7.41. The van der Waals surface area contributed by atoms with Gasteiger partial charge in [0, 0.05) is 18.5 Å². The van der Waals surface area contributed by atoms with Gasteiger partial charge in [-0.1, -0.05) is 48.5 Å². The maximum Gasteiger partial charge on any atom is 0.293 e. The molecule has 1 aliphatic rings. The van der Waals surface area contributed by atoms with E-state index in [2.05, 4.69) is 41.7 Å². The number of nitrogens with one attached hydrogen (secondary N) is 1. The molecule has 8 heteroatoms. The zero-order valence-corrected chi connectivity index (χ0v) is 18.6. The third kappa shape index (κ3) is 3.92. The molecule has 0 fully saturated rings. The van der Waals surface area contributed by atoms with Crippen molar-refractivity contribution in [2.24, 2.45) is 5.14 Å². The van der Waals surface area contributed by atoms with Gasteiger partial charge in [0.2, 0.25) is 10.0 Å². The molecule has 1 aliphatic carbocycles. The molecule has 0 aromatic heterocycles. The second-order valence-corrected chi connectivity index (χ2v) is 10.0. The Balaban J connectivity index is 1.53. The number of sulfonamides is 1. The van der Waals surface area contributed by atoms with Gasteiger partial charge in [-0.05, 0) is 64.1 Å². The third-order valence-electron chi connectivity index (χ3n) is 6.50. The lowest BCUT2D eigenvalue weighted by atomic mass is 9.79. The molecule has 33 heavy (non-hydrogen) atoms. The van der Waals surface area contributed by atoms with Crippen molar-refractivity contribution >= 4 is 42.9 Å². The van der Waals surface area contributed by atoms with Gasteiger partial charge in [-0.25, -0.2) is 13.6 Å². The van der Waals surface area contributed by atoms with Crippen LogP contribution in [0.15, 0.2) is 71.6 Å². The van der Waals surface area contributed by atoms with Crippen LogP contribution in [-0.4, -0.2) is 19.9 Å². The van der Waals surface area contributed by atoms with Crippen molar-refractivity contribution in [2.75, 3.05) is 11.9 Å². The van der Waals surface area contributed by atoms with Crippen molar-refractivity contribution in [3.8, 4) is 0 Å². The quantitative estimate of drug-likeness (QED) is 0.244. The minimum Gasteiger partial charge on any atom is -0.379 e. The van der Waals surface area contributed by atoms with Crippen molar-refractivity contribution in [1.29, 1.82) is 0 Å². The highest BCUT2D eigenvalue weighted by Gasteiger charge is 2.25. The van der Waals surface area contributed by atoms with Gasteiger partial charge < -0.3 is 5.32 Å². The minimum atomic E-state index is -4.03. The number of fused-ring (bicyclic) bond motifs is 5. The first-order chi connectivity index (χ1) is 15.8. The molecular weight excluding hydrogens is 438 g/mol. The van der Waals surface area contributed by atoms with E-state index in [4.69, 9.17) is 5.14 Å². The molecule has 7 nitrogen and oxygen atoms in total. The predicted octanol–water partition coefficient (Wildman–Crippen LogP) is 5.08. The van der Waals surface area contributed by atoms with Gasteiger partial charge in [-0.15, -0.1) is 0 Å². The summed E-state index contributed by atoms with van der Waals surface area (Å²) >= 11 is 0. The van der Waals surface area contributed by atoms with E-state index < -0.39 is 14.9 Å². The van der Waals surface area contributed by atoms with Crippen LogP contribution in [0.1, 0.15) is 29.9 Å². The molecular formula is C25H23N3O4S. The number of anilines is 1. The molecule has 5 rings (SSSR count). The Morgan fingerprint density at radius 3 is 2.58 bits per heavy atom. The normalized spacial score (nSPS) is 16.0. The fourth-order valence-corrected chi connectivity index (χ4v) is 5.50. The van der Waals surface area contributed by atoms with Crippen LogP contribution in [-0.2, 0) is 16.4 Å². The smallest absolute Gasteiger partial charge is 0.293 e. The van der Waals surface area contributed by atoms with E-state index in [1.165, 1.54) is 44.8 Å². The van der Waals surface area contributed by atoms with Crippen molar-refractivity contribution in [1.82, 2.24) is 0 Å². The molecule has 3 N–H and O–H groups in total. The summed E-state index contributed by atoms with van der Waals surface area (Å²) in [5.41, 5.74) is 2.59. The number of nitrogens with two attached hydrogens (primary N) is 1. The lowest BCUT2D eigenvalue weighted by molar-refractivity contribution is -0.384. The summed E-state index contributed by atoms with van der Waals surface area (Å²) in [7, 11) is -4.03. The summed E-state index contributed by atoms with van der Waals surface area (Å²) in [4.78, 5) is 10.7. The summed E-state index contributed by atoms with van der Waals surface area (Å²) in [6, 6.07) is 20.8. The maximum absolute atomic E-state index is 11.6. The highest BCUT2D eigenvalue weighted by molar-refractivity contribution is 7.89. The van der Waals surface area contributed by atoms with E-state index in [9.17, 15) is 18.5 Å². The number of nitro benzene ring substituents is 1. The molecule has 0 amide bonds. The first kappa shape index (κ1) is 21.4. The van der Waals surface area contributed by atoms with Gasteiger partial charge in [-0.3, -0.25) is 10.1 Å². The number of rotatable bonds is 5. The lowest BCUT2D eigenvalue weighted by Crippen LogP contribution is -2.19. The number of benzene rings is 4. The Bertz CT molecular complexity index is 1520. The number of nitro groups is 1. The first-order valence-electron chi connectivity index (χ1n) is 10.8. The molecule has 0 saturated heterocycles. The highest BCUT2D eigenvalue weighted by atomic mass is 32.2. The molecule has 1 unspecified atom stereocenters. The van der Waals surface area contributed by atoms with E-state index in [1.54, 1.807) is 0 Å². The lowest BCUT2D eigenvalue weighted by Gasteiger charge is -2.28. The molecule has 1 atom stereocenters. The van der Waals surface area contributed by atoms with Crippen molar-refractivity contribution in [3.63, 3.8) is 0 Å². The summed E-state index contributed by atoms with van der Waals surface area (Å²) in [5, 5.41) is 24.8. The summed E-state index contributed by atoms with van der Waals surface area (Å²) in [6.07, 6.45) is 3.03. The molecule has 4 aromatic carbocycles. The Morgan fingerprint density at radius 2 is 1.79 bits per heavy atom. The standard InChI is InChI=1S/C25H23N3O4S/c26-33(31,32)19-10-13-23(24(14-19)28(29)30)27-15-18-6-3-5-17-9-11-21-20-7-2-1-4-16(20)8-12-22(21)25(17)18/h1-2,4,7-14,18,27H,3,5-6,15H2,(H2,26,31,32). The molecule has 0 saturated carbocycles. The van der Waals surface area contributed by atoms with Crippen LogP contribution in [0.25, 0.3) is 21.5 Å². The van der Waals surface area contributed by atoms with Crippen LogP contribution in [0.5, 0.6) is 0 Å². The van der Waals surface area contributed by atoms with Gasteiger partial charge in [0.25, 0.3) is 5.69 Å². The fraction of sp³-hybridized carbons (Fsp3) is 0.200. The molecule has 0 heterocycles. The van der Waals surface area contributed by atoms with E-state index in [1.807, 2.05) is 12.1 Å². The van der Waals surface area contributed by atoms with Gasteiger partial charge in [0.05, 0.1) is 9.82 Å². The average molecular weight is 462 g/mol. The van der Waals surface area contributed by atoms with Crippen LogP contribution in [0.4, 0.5) is 11.4 Å². The fourth-order valence-electron chi connectivity index (χ4n) is 4.97. The van der Waals surface area contributed by atoms with Crippen LogP contribution in [0.3, 0.4) is 0 Å². The average Bonchev–Trinajstić information content (AvgIpc) is 2.81. The largest absolute Gasteiger partial charge is 0.379 e. The van der Waals surface area contributed by atoms with Crippen molar-refractivity contribution < 1.29 is 13.3 Å². The minimum absolute atomic E-state index is 0.177. The van der Waals surface area contributed by atoms with Crippen LogP contribution >= 0.6 is 0 Å². The molecule has 168 valence electrons. The molecule has 0 aliphatic heterocycles. The van der Waals surface area contributed by atoms with Crippen LogP contribution in [0.2, 0.25) is 0 Å². The number of hydrogen-bond donors (Lipinski definition) is 2. The van der Waals surface area contributed by atoms with E-state index in [-0.39, 0.29) is 22.2 Å². The van der Waals surface area contributed by atoms with Crippen molar-refractivity contribution in [2.45, 2.75) is 30.1 Å². The predicted molar refractivity (Wildman–Crippen MR) is 130 cm³/mol. The summed E-state index contributed by atoms with van der Waals surface area (Å²) < 4.78 is 23.2. The monoisotopic (exact) mass is 461 g/mol. The first-order valence-corrected chi connectivity index (χ1v) is 12.4. The van der Waals surface area contributed by atoms with Gasteiger partial charge in [-0.2, -0.15) is 0 Å². The summed E-state index contributed by atoms with van der Waals surface area (Å²) in [5.74, 6) is 0.177. The van der Waals surface area contributed by atoms with Crippen LogP contribution < -0.4 is 10.5 Å². The van der Waals surface area contributed by atoms with Gasteiger partial charge in [0.1, 0.15) is 5.69 Å². The molecule has 0 radical (unpaired) electrons. The maximum atomic E-state index is 11.6. The SMILES string of the molecule is NS(=O)(=O)c1ccc(NCC2CCCc3ccc4c(ccc5ccccc54)c32)c([N+](=O)[O-])c1.